The Bertz CT molecular complexity index is 958. The number of nitrogens with zero attached hydrogens (tertiary/aromatic N) is 4. The number of anilines is 1. The Morgan fingerprint density at radius 1 is 1.19 bits per heavy atom. The zero-order chi connectivity index (χ0) is 18.5. The van der Waals surface area contributed by atoms with Crippen molar-refractivity contribution in [2.24, 2.45) is 11.3 Å². The highest BCUT2D eigenvalue weighted by Crippen LogP contribution is 2.50. The van der Waals surface area contributed by atoms with Crippen molar-refractivity contribution in [3.63, 3.8) is 0 Å². The highest BCUT2D eigenvalue weighted by molar-refractivity contribution is 6.04. The zero-order valence-electron chi connectivity index (χ0n) is 15.5. The number of fused-ring (bicyclic) bond motifs is 1. The third kappa shape index (κ3) is 2.55. The van der Waals surface area contributed by atoms with Gasteiger partial charge in [0, 0.05) is 29.7 Å². The van der Waals surface area contributed by atoms with Gasteiger partial charge in [-0.1, -0.05) is 19.9 Å². The van der Waals surface area contributed by atoms with Crippen molar-refractivity contribution >= 4 is 17.3 Å². The van der Waals surface area contributed by atoms with Crippen LogP contribution in [0.25, 0.3) is 5.57 Å². The molecule has 2 aromatic heterocycles. The molecule has 1 aliphatic heterocycles. The fourth-order valence-corrected chi connectivity index (χ4v) is 3.84. The van der Waals surface area contributed by atoms with Gasteiger partial charge >= 0.3 is 0 Å². The summed E-state index contributed by atoms with van der Waals surface area (Å²) in [6.07, 6.45) is 10.4. The van der Waals surface area contributed by atoms with Crippen molar-refractivity contribution in [2.75, 3.05) is 4.90 Å². The Morgan fingerprint density at radius 2 is 2.00 bits per heavy atom. The number of hydrogen-bond donors (Lipinski definition) is 0. The van der Waals surface area contributed by atoms with Gasteiger partial charge in [0.1, 0.15) is 0 Å². The van der Waals surface area contributed by atoms with E-state index in [0.717, 1.165) is 34.6 Å². The van der Waals surface area contributed by atoms with Crippen molar-refractivity contribution in [3.8, 4) is 0 Å². The Balaban J connectivity index is 1.82. The van der Waals surface area contributed by atoms with Gasteiger partial charge in [-0.2, -0.15) is 0 Å². The third-order valence-corrected chi connectivity index (χ3v) is 5.32. The van der Waals surface area contributed by atoms with Gasteiger partial charge in [0.2, 0.25) is 5.91 Å². The molecule has 2 aromatic rings. The predicted molar refractivity (Wildman–Crippen MR) is 101 cm³/mol. The molecule has 5 nitrogen and oxygen atoms in total. The molecule has 1 saturated heterocycles. The molecule has 2 aliphatic rings. The minimum absolute atomic E-state index is 0.0780. The van der Waals surface area contributed by atoms with Crippen molar-refractivity contribution in [3.05, 3.63) is 65.5 Å². The van der Waals surface area contributed by atoms with Gasteiger partial charge < -0.3 is 0 Å². The number of pyridine rings is 1. The molecule has 0 radical (unpaired) electrons. The second-order valence-electron chi connectivity index (χ2n) is 7.58. The average molecular weight is 346 g/mol. The van der Waals surface area contributed by atoms with Crippen LogP contribution >= 0.6 is 0 Å². The summed E-state index contributed by atoms with van der Waals surface area (Å²) in [5.41, 5.74) is 4.57. The van der Waals surface area contributed by atoms with E-state index in [0.29, 0.717) is 5.82 Å². The molecule has 3 heterocycles. The normalized spacial score (nSPS) is 21.3. The Labute approximate surface area is 153 Å². The first-order chi connectivity index (χ1) is 12.4. The summed E-state index contributed by atoms with van der Waals surface area (Å²) in [5, 5.41) is 0. The van der Waals surface area contributed by atoms with Crippen LogP contribution in [0.4, 0.5) is 5.82 Å². The molecule has 1 fully saturated rings. The minimum Gasteiger partial charge on any atom is -0.273 e. The van der Waals surface area contributed by atoms with Crippen LogP contribution in [-0.2, 0) is 4.79 Å². The summed E-state index contributed by atoms with van der Waals surface area (Å²) in [4.78, 5) is 28.0. The first kappa shape index (κ1) is 16.6. The largest absolute Gasteiger partial charge is 0.273 e. The lowest BCUT2D eigenvalue weighted by atomic mass is 9.75. The summed E-state index contributed by atoms with van der Waals surface area (Å²) in [6.45, 7) is 7.92. The molecule has 0 spiro atoms. The molecule has 5 heteroatoms. The number of amides is 1. The van der Waals surface area contributed by atoms with Crippen molar-refractivity contribution in [1.82, 2.24) is 15.0 Å². The maximum absolute atomic E-state index is 13.2. The Kier molecular flexibility index (Phi) is 3.75. The number of hydrogen-bond acceptors (Lipinski definition) is 4. The lowest BCUT2D eigenvalue weighted by Crippen LogP contribution is -2.32. The van der Waals surface area contributed by atoms with Crippen LogP contribution < -0.4 is 4.90 Å². The van der Waals surface area contributed by atoms with Gasteiger partial charge in [0.25, 0.3) is 0 Å². The molecule has 1 aliphatic carbocycles. The van der Waals surface area contributed by atoms with Crippen LogP contribution in [0, 0.1) is 25.2 Å². The van der Waals surface area contributed by atoms with Crippen molar-refractivity contribution in [1.29, 1.82) is 0 Å². The summed E-state index contributed by atoms with van der Waals surface area (Å²) >= 11 is 0. The van der Waals surface area contributed by atoms with Crippen LogP contribution in [0.15, 0.2) is 48.6 Å². The molecule has 1 amide bonds. The molecule has 4 rings (SSSR count). The quantitative estimate of drug-likeness (QED) is 0.829. The first-order valence-electron chi connectivity index (χ1n) is 8.86. The van der Waals surface area contributed by atoms with Gasteiger partial charge in [-0.25, -0.2) is 4.98 Å². The van der Waals surface area contributed by atoms with E-state index in [4.69, 9.17) is 0 Å². The Morgan fingerprint density at radius 3 is 2.73 bits per heavy atom. The molecule has 132 valence electrons. The van der Waals surface area contributed by atoms with Crippen LogP contribution in [0.2, 0.25) is 0 Å². The lowest BCUT2D eigenvalue weighted by Gasteiger charge is -2.26. The van der Waals surface area contributed by atoms with Crippen molar-refractivity contribution < 1.29 is 4.79 Å². The second kappa shape index (κ2) is 5.87. The second-order valence-corrected chi connectivity index (χ2v) is 7.58. The van der Waals surface area contributed by atoms with Crippen LogP contribution in [0.1, 0.15) is 37.2 Å². The van der Waals surface area contributed by atoms with E-state index < -0.39 is 5.41 Å². The van der Waals surface area contributed by atoms with Gasteiger partial charge in [-0.3, -0.25) is 19.7 Å². The molecule has 0 saturated carbocycles. The first-order valence-corrected chi connectivity index (χ1v) is 8.86. The van der Waals surface area contributed by atoms with Crippen LogP contribution in [0.3, 0.4) is 0 Å². The smallest absolute Gasteiger partial charge is 0.238 e. The minimum atomic E-state index is -0.465. The van der Waals surface area contributed by atoms with Crippen LogP contribution in [-0.4, -0.2) is 20.9 Å². The molecule has 0 bridgehead atoms. The summed E-state index contributed by atoms with van der Waals surface area (Å²) in [6, 6.07) is 4.08. The monoisotopic (exact) mass is 346 g/mol. The molecule has 0 N–H and O–H groups in total. The SMILES string of the molecule is Cc1cc(C2=CCC3C(=C2)N(c2cncc(C)n2)C(=O)C3(C)C)ccn1. The predicted octanol–water partition coefficient (Wildman–Crippen LogP) is 3.85. The number of carbonyl (C=O) groups excluding carboxylic acids is 1. The molecular weight excluding hydrogens is 324 g/mol. The van der Waals surface area contributed by atoms with E-state index in [9.17, 15) is 4.79 Å². The molecule has 1 atom stereocenters. The van der Waals surface area contributed by atoms with Crippen molar-refractivity contribution in [2.45, 2.75) is 34.1 Å². The highest BCUT2D eigenvalue weighted by Gasteiger charge is 2.51. The Hall–Kier alpha value is -2.82. The number of carbonyl (C=O) groups is 1. The lowest BCUT2D eigenvalue weighted by molar-refractivity contribution is -0.125. The standard InChI is InChI=1S/C21H22N4O/c1-13-9-16(7-8-23-13)15-5-6-17-18(10-15)25(20(26)21(17,3)4)19-12-22-11-14(2)24-19/h5,7-12,17H,6H2,1-4H3. The third-order valence-electron chi connectivity index (χ3n) is 5.32. The molecule has 26 heavy (non-hydrogen) atoms. The number of aromatic nitrogens is 3. The highest BCUT2D eigenvalue weighted by atomic mass is 16.2. The molecule has 0 aromatic carbocycles. The van der Waals surface area contributed by atoms with E-state index in [1.165, 1.54) is 0 Å². The summed E-state index contributed by atoms with van der Waals surface area (Å²) < 4.78 is 0. The summed E-state index contributed by atoms with van der Waals surface area (Å²) in [7, 11) is 0. The molecule has 1 unspecified atom stereocenters. The van der Waals surface area contributed by atoms with Gasteiger partial charge in [-0.05, 0) is 49.6 Å². The summed E-state index contributed by atoms with van der Waals surface area (Å²) in [5.74, 6) is 0.821. The van der Waals surface area contributed by atoms with Gasteiger partial charge in [0.15, 0.2) is 5.82 Å². The van der Waals surface area contributed by atoms with Gasteiger partial charge in [-0.15, -0.1) is 0 Å². The van der Waals surface area contributed by atoms with E-state index in [1.54, 1.807) is 17.3 Å². The van der Waals surface area contributed by atoms with E-state index in [1.807, 2.05) is 40.0 Å². The average Bonchev–Trinajstić information content (AvgIpc) is 2.81. The fraction of sp³-hybridized carbons (Fsp3) is 0.333. The number of aryl methyl sites for hydroxylation is 2. The van der Waals surface area contributed by atoms with Gasteiger partial charge in [0.05, 0.1) is 17.3 Å². The molecular formula is C21H22N4O. The van der Waals surface area contributed by atoms with E-state index in [2.05, 4.69) is 33.2 Å². The maximum Gasteiger partial charge on any atom is 0.238 e. The fourth-order valence-electron chi connectivity index (χ4n) is 3.84. The number of allylic oxidation sites excluding steroid dienone is 4. The number of rotatable bonds is 2. The topological polar surface area (TPSA) is 59.0 Å². The van der Waals surface area contributed by atoms with Crippen LogP contribution in [0.5, 0.6) is 0 Å². The maximum atomic E-state index is 13.2. The van der Waals surface area contributed by atoms with E-state index in [-0.39, 0.29) is 11.8 Å². The van der Waals surface area contributed by atoms with E-state index >= 15 is 0 Å². The zero-order valence-corrected chi connectivity index (χ0v) is 15.5.